The second-order valence-corrected chi connectivity index (χ2v) is 9.11. The van der Waals surface area contributed by atoms with Crippen LogP contribution in [0, 0.1) is 13.8 Å². The summed E-state index contributed by atoms with van der Waals surface area (Å²) in [6.45, 7) is 7.97. The summed E-state index contributed by atoms with van der Waals surface area (Å²) >= 11 is 0. The van der Waals surface area contributed by atoms with Crippen molar-refractivity contribution in [2.75, 3.05) is 26.2 Å². The summed E-state index contributed by atoms with van der Waals surface area (Å²) in [7, 11) is 0. The monoisotopic (exact) mass is 419 g/mol. The van der Waals surface area contributed by atoms with Gasteiger partial charge < -0.3 is 16.0 Å². The molecule has 1 fully saturated rings. The number of hydrogen-bond acceptors (Lipinski definition) is 5. The number of guanidine groups is 1. The molecule has 7 nitrogen and oxygen atoms in total. The molecular weight excluding hydrogens is 386 g/mol. The first-order valence-electron chi connectivity index (χ1n) is 11.7. The van der Waals surface area contributed by atoms with E-state index in [4.69, 9.17) is 25.7 Å². The fourth-order valence-corrected chi connectivity index (χ4v) is 5.18. The number of nitrogens with one attached hydrogen (secondary N) is 1. The van der Waals surface area contributed by atoms with Gasteiger partial charge >= 0.3 is 0 Å². The maximum atomic E-state index is 5.70. The van der Waals surface area contributed by atoms with Crippen LogP contribution in [0.5, 0.6) is 0 Å². The number of piperidine rings is 1. The van der Waals surface area contributed by atoms with Crippen LogP contribution in [0.3, 0.4) is 0 Å². The molecule has 5 rings (SSSR count). The summed E-state index contributed by atoms with van der Waals surface area (Å²) in [6, 6.07) is 0.338. The molecule has 1 aromatic rings. The number of aromatic nitrogens is 2. The van der Waals surface area contributed by atoms with Gasteiger partial charge in [0.15, 0.2) is 0 Å². The van der Waals surface area contributed by atoms with Crippen molar-refractivity contribution in [1.29, 1.82) is 0 Å². The lowest BCUT2D eigenvalue weighted by Crippen LogP contribution is -2.38. The van der Waals surface area contributed by atoms with E-state index < -0.39 is 0 Å². The van der Waals surface area contributed by atoms with E-state index in [0.717, 1.165) is 99.2 Å². The van der Waals surface area contributed by atoms with Crippen molar-refractivity contribution in [1.82, 2.24) is 20.2 Å². The molecule has 3 N–H and O–H groups in total. The highest BCUT2D eigenvalue weighted by Gasteiger charge is 2.32. The largest absolute Gasteiger partial charge is 0.329 e. The van der Waals surface area contributed by atoms with Gasteiger partial charge in [0.1, 0.15) is 0 Å². The van der Waals surface area contributed by atoms with Crippen molar-refractivity contribution in [2.24, 2.45) is 15.7 Å². The van der Waals surface area contributed by atoms with Crippen LogP contribution >= 0.6 is 0 Å². The van der Waals surface area contributed by atoms with Crippen LogP contribution in [0.15, 0.2) is 33.4 Å². The van der Waals surface area contributed by atoms with Crippen molar-refractivity contribution in [2.45, 2.75) is 64.3 Å². The average Bonchev–Trinajstić information content (AvgIpc) is 3.18. The van der Waals surface area contributed by atoms with Crippen LogP contribution in [0.25, 0.3) is 0 Å². The molecule has 1 atom stereocenters. The highest BCUT2D eigenvalue weighted by atomic mass is 15.2. The minimum Gasteiger partial charge on any atom is -0.329 e. The Morgan fingerprint density at radius 1 is 1.16 bits per heavy atom. The summed E-state index contributed by atoms with van der Waals surface area (Å²) in [6.07, 6.45) is 10.8. The molecule has 0 saturated carbocycles. The van der Waals surface area contributed by atoms with Crippen molar-refractivity contribution in [3.8, 4) is 0 Å². The van der Waals surface area contributed by atoms with Crippen LogP contribution in [0.1, 0.15) is 60.8 Å². The first-order chi connectivity index (χ1) is 15.1. The number of aliphatic imine (C=N–C) groups is 2. The predicted octanol–water partition coefficient (Wildman–Crippen LogP) is 2.55. The molecule has 31 heavy (non-hydrogen) atoms. The minimum atomic E-state index is 0.277. The zero-order valence-electron chi connectivity index (χ0n) is 18.7. The number of fused-ring (bicyclic) bond motifs is 2. The van der Waals surface area contributed by atoms with Crippen molar-refractivity contribution < 1.29 is 0 Å². The maximum absolute atomic E-state index is 5.70. The van der Waals surface area contributed by atoms with Gasteiger partial charge in [0.05, 0.1) is 40.2 Å². The first-order valence-corrected chi connectivity index (χ1v) is 11.7. The number of aryl methyl sites for hydroxylation is 3. The molecule has 2 aliphatic carbocycles. The van der Waals surface area contributed by atoms with Crippen molar-refractivity contribution >= 4 is 11.7 Å². The molecule has 3 heterocycles. The van der Waals surface area contributed by atoms with E-state index in [1.165, 1.54) is 11.3 Å². The molecule has 0 spiro atoms. The normalized spacial score (nSPS) is 25.5. The molecule has 1 unspecified atom stereocenters. The van der Waals surface area contributed by atoms with Gasteiger partial charge in [-0.2, -0.15) is 0 Å². The standard InChI is InChI=1S/C24H33N7/c1-15-16(2)27-22-18(5-3-7-20(22)26-15)19-6-4-8-21-23(19)30-24(29-21)28-17-9-12-31(13-10-17)14-11-25/h4,6,17-18H,3,5,7-14,25H2,1-2H3,(H,28,30). The second-order valence-electron chi connectivity index (χ2n) is 9.11. The molecule has 0 radical (unpaired) electrons. The van der Waals surface area contributed by atoms with E-state index in [1.54, 1.807) is 0 Å². The van der Waals surface area contributed by atoms with Gasteiger partial charge in [0.25, 0.3) is 0 Å². The van der Waals surface area contributed by atoms with E-state index in [0.29, 0.717) is 6.04 Å². The third kappa shape index (κ3) is 4.08. The number of nitrogens with two attached hydrogens (primary N) is 1. The molecular formula is C24H33N7. The number of likely N-dealkylation sites (tertiary alicyclic amines) is 1. The van der Waals surface area contributed by atoms with Crippen LogP contribution in [-0.4, -0.2) is 58.8 Å². The Labute approximate surface area is 184 Å². The van der Waals surface area contributed by atoms with Crippen LogP contribution in [-0.2, 0) is 6.42 Å². The van der Waals surface area contributed by atoms with Crippen molar-refractivity contribution in [3.05, 3.63) is 46.2 Å². The Balaban J connectivity index is 1.39. The number of allylic oxidation sites excluding steroid dienone is 4. The average molecular weight is 420 g/mol. The molecule has 0 aromatic carbocycles. The molecule has 1 saturated heterocycles. The fourth-order valence-electron chi connectivity index (χ4n) is 5.18. The summed E-state index contributed by atoms with van der Waals surface area (Å²) < 4.78 is 0. The second kappa shape index (κ2) is 8.63. The van der Waals surface area contributed by atoms with Gasteiger partial charge in [0.2, 0.25) is 5.96 Å². The van der Waals surface area contributed by atoms with Gasteiger partial charge in [-0.1, -0.05) is 12.2 Å². The first kappa shape index (κ1) is 20.5. The molecule has 1 aromatic heterocycles. The van der Waals surface area contributed by atoms with E-state index in [2.05, 4.69) is 36.2 Å². The summed E-state index contributed by atoms with van der Waals surface area (Å²) in [5.74, 6) is 1.06. The molecule has 164 valence electrons. The third-order valence-corrected chi connectivity index (χ3v) is 6.99. The molecule has 7 heteroatoms. The Hall–Kier alpha value is -2.38. The van der Waals surface area contributed by atoms with Crippen LogP contribution in [0.2, 0.25) is 0 Å². The van der Waals surface area contributed by atoms with E-state index >= 15 is 0 Å². The number of nitrogens with zero attached hydrogens (tertiary/aromatic N) is 5. The maximum Gasteiger partial charge on any atom is 0.223 e. The predicted molar refractivity (Wildman–Crippen MR) is 124 cm³/mol. The SMILES string of the molecule is Cc1nc2c(nc1C)C(C1=C3NC(=NC4CCN(CCN)CC4)N=C3CC=C1)CCC2. The summed E-state index contributed by atoms with van der Waals surface area (Å²) in [5.41, 5.74) is 13.7. The van der Waals surface area contributed by atoms with Crippen molar-refractivity contribution in [3.63, 3.8) is 0 Å². The number of rotatable bonds is 4. The molecule has 0 bridgehead atoms. The molecule has 4 aliphatic rings. The van der Waals surface area contributed by atoms with Gasteiger partial charge in [0, 0.05) is 38.5 Å². The summed E-state index contributed by atoms with van der Waals surface area (Å²) in [4.78, 5) is 22.1. The van der Waals surface area contributed by atoms with Gasteiger partial charge in [-0.3, -0.25) is 9.97 Å². The van der Waals surface area contributed by atoms with Gasteiger partial charge in [-0.25, -0.2) is 9.98 Å². The molecule has 2 aliphatic heterocycles. The minimum absolute atomic E-state index is 0.277. The fraction of sp³-hybridized carbons (Fsp3) is 0.583. The Bertz CT molecular complexity index is 980. The number of hydrogen-bond donors (Lipinski definition) is 2. The Morgan fingerprint density at radius 3 is 2.77 bits per heavy atom. The summed E-state index contributed by atoms with van der Waals surface area (Å²) in [5, 5.41) is 3.57. The highest BCUT2D eigenvalue weighted by Crippen LogP contribution is 2.39. The zero-order valence-corrected chi connectivity index (χ0v) is 18.7. The smallest absolute Gasteiger partial charge is 0.223 e. The lowest BCUT2D eigenvalue weighted by atomic mass is 9.80. The Morgan fingerprint density at radius 2 is 1.97 bits per heavy atom. The van der Waals surface area contributed by atoms with Gasteiger partial charge in [-0.15, -0.1) is 0 Å². The van der Waals surface area contributed by atoms with Gasteiger partial charge in [-0.05, 0) is 51.5 Å². The van der Waals surface area contributed by atoms with E-state index in [1.807, 2.05) is 0 Å². The third-order valence-electron chi connectivity index (χ3n) is 6.99. The zero-order chi connectivity index (χ0) is 21.4. The molecule has 0 amide bonds. The quantitative estimate of drug-likeness (QED) is 0.783. The van der Waals surface area contributed by atoms with E-state index in [9.17, 15) is 0 Å². The highest BCUT2D eigenvalue weighted by molar-refractivity contribution is 6.16. The Kier molecular flexibility index (Phi) is 5.71. The lowest BCUT2D eigenvalue weighted by Gasteiger charge is -2.29. The lowest BCUT2D eigenvalue weighted by molar-refractivity contribution is 0.219. The van der Waals surface area contributed by atoms with E-state index in [-0.39, 0.29) is 5.92 Å². The van der Waals surface area contributed by atoms with Crippen LogP contribution < -0.4 is 11.1 Å². The topological polar surface area (TPSA) is 91.8 Å². The van der Waals surface area contributed by atoms with Crippen LogP contribution in [0.4, 0.5) is 0 Å².